The summed E-state index contributed by atoms with van der Waals surface area (Å²) in [6.07, 6.45) is 3.74. The van der Waals surface area contributed by atoms with Crippen LogP contribution < -0.4 is 0 Å². The fourth-order valence-corrected chi connectivity index (χ4v) is 2.10. The van der Waals surface area contributed by atoms with Gasteiger partial charge in [-0.25, -0.2) is 4.37 Å². The topological polar surface area (TPSA) is 30.7 Å². The van der Waals surface area contributed by atoms with E-state index in [1.165, 1.54) is 11.5 Å². The summed E-state index contributed by atoms with van der Waals surface area (Å²) in [5.41, 5.74) is 2.01. The highest BCUT2D eigenvalue weighted by Gasteiger charge is 2.07. The molecule has 2 rings (SSSR count). The Labute approximate surface area is 82.3 Å². The fourth-order valence-electron chi connectivity index (χ4n) is 0.977. The number of aryl methyl sites for hydroxylation is 1. The molecule has 2 aromatic heterocycles. The molecule has 0 aromatic carbocycles. The van der Waals surface area contributed by atoms with Gasteiger partial charge >= 0.3 is 0 Å². The molecule has 5 heteroatoms. The Morgan fingerprint density at radius 3 is 2.92 bits per heavy atom. The van der Waals surface area contributed by atoms with Crippen molar-refractivity contribution >= 4 is 27.5 Å². The van der Waals surface area contributed by atoms with Crippen LogP contribution in [-0.4, -0.2) is 14.2 Å². The molecular weight excluding hydrogens is 238 g/mol. The molecule has 0 spiro atoms. The molecule has 0 unspecified atom stereocenters. The van der Waals surface area contributed by atoms with E-state index in [-0.39, 0.29) is 0 Å². The van der Waals surface area contributed by atoms with Crippen LogP contribution in [0.25, 0.3) is 11.3 Å². The third-order valence-corrected chi connectivity index (χ3v) is 2.66. The average molecular weight is 244 g/mol. The zero-order valence-electron chi connectivity index (χ0n) is 6.36. The van der Waals surface area contributed by atoms with Gasteiger partial charge in [0, 0.05) is 24.2 Å². The molecule has 0 saturated heterocycles. The standard InChI is InChI=1S/C7H6BrN3S/c1-11-3-6(8)7(10-11)5-2-9-12-4-5/h2-4H,1H3. The molecule has 0 aliphatic rings. The zero-order valence-corrected chi connectivity index (χ0v) is 8.76. The molecule has 0 amide bonds. The lowest BCUT2D eigenvalue weighted by Gasteiger charge is -1.88. The van der Waals surface area contributed by atoms with E-state index in [0.29, 0.717) is 0 Å². The summed E-state index contributed by atoms with van der Waals surface area (Å²) in [4.78, 5) is 0. The molecule has 0 fully saturated rings. The minimum absolute atomic E-state index is 0.950. The predicted molar refractivity (Wildman–Crippen MR) is 52.0 cm³/mol. The van der Waals surface area contributed by atoms with Crippen LogP contribution in [0, 0.1) is 0 Å². The Morgan fingerprint density at radius 1 is 1.58 bits per heavy atom. The Hall–Kier alpha value is -0.680. The third kappa shape index (κ3) is 1.30. The first kappa shape index (κ1) is 7.94. The summed E-state index contributed by atoms with van der Waals surface area (Å²) in [7, 11) is 1.90. The highest BCUT2D eigenvalue weighted by atomic mass is 79.9. The van der Waals surface area contributed by atoms with E-state index in [1.807, 2.05) is 24.8 Å². The van der Waals surface area contributed by atoms with Crippen molar-refractivity contribution in [2.45, 2.75) is 0 Å². The van der Waals surface area contributed by atoms with Crippen LogP contribution in [0.2, 0.25) is 0 Å². The molecule has 3 nitrogen and oxygen atoms in total. The second kappa shape index (κ2) is 2.99. The summed E-state index contributed by atoms with van der Waals surface area (Å²) < 4.78 is 6.80. The van der Waals surface area contributed by atoms with E-state index in [2.05, 4.69) is 25.4 Å². The van der Waals surface area contributed by atoms with E-state index in [1.54, 1.807) is 4.68 Å². The summed E-state index contributed by atoms with van der Waals surface area (Å²) in [6, 6.07) is 0. The summed E-state index contributed by atoms with van der Waals surface area (Å²) >= 11 is 4.86. The van der Waals surface area contributed by atoms with Gasteiger partial charge in [-0.1, -0.05) is 0 Å². The van der Waals surface area contributed by atoms with Gasteiger partial charge in [0.15, 0.2) is 0 Å². The highest BCUT2D eigenvalue weighted by Crippen LogP contribution is 2.26. The van der Waals surface area contributed by atoms with Gasteiger partial charge in [-0.3, -0.25) is 4.68 Å². The molecule has 0 saturated carbocycles. The van der Waals surface area contributed by atoms with Crippen LogP contribution in [-0.2, 0) is 7.05 Å². The van der Waals surface area contributed by atoms with Gasteiger partial charge in [0.25, 0.3) is 0 Å². The molecule has 62 valence electrons. The number of rotatable bonds is 1. The van der Waals surface area contributed by atoms with Gasteiger partial charge < -0.3 is 0 Å². The van der Waals surface area contributed by atoms with Crippen molar-refractivity contribution in [2.24, 2.45) is 7.05 Å². The molecule has 0 aliphatic carbocycles. The second-order valence-corrected chi connectivity index (χ2v) is 3.92. The number of hydrogen-bond donors (Lipinski definition) is 0. The number of aromatic nitrogens is 3. The molecular formula is C7H6BrN3S. The maximum Gasteiger partial charge on any atom is 0.109 e. The second-order valence-electron chi connectivity index (χ2n) is 2.41. The summed E-state index contributed by atoms with van der Waals surface area (Å²) in [6.45, 7) is 0. The molecule has 0 atom stereocenters. The monoisotopic (exact) mass is 243 g/mol. The van der Waals surface area contributed by atoms with Gasteiger partial charge in [0.1, 0.15) is 5.69 Å². The minimum Gasteiger partial charge on any atom is -0.274 e. The van der Waals surface area contributed by atoms with Crippen molar-refractivity contribution in [2.75, 3.05) is 0 Å². The molecule has 2 heterocycles. The Kier molecular flexibility index (Phi) is 1.98. The van der Waals surface area contributed by atoms with E-state index in [4.69, 9.17) is 0 Å². The predicted octanol–water partition coefficient (Wildman–Crippen LogP) is 2.31. The van der Waals surface area contributed by atoms with Crippen molar-refractivity contribution in [1.29, 1.82) is 0 Å². The first-order valence-corrected chi connectivity index (χ1v) is 4.99. The SMILES string of the molecule is Cn1cc(Br)c(-c2cnsc2)n1. The molecule has 0 radical (unpaired) electrons. The molecule has 12 heavy (non-hydrogen) atoms. The maximum atomic E-state index is 4.29. The molecule has 0 N–H and O–H groups in total. The van der Waals surface area contributed by atoms with Crippen molar-refractivity contribution in [1.82, 2.24) is 14.2 Å². The third-order valence-electron chi connectivity index (χ3n) is 1.49. The molecule has 0 bridgehead atoms. The smallest absolute Gasteiger partial charge is 0.109 e. The lowest BCUT2D eigenvalue weighted by atomic mass is 10.3. The Balaban J connectivity index is 2.54. The van der Waals surface area contributed by atoms with Crippen molar-refractivity contribution < 1.29 is 0 Å². The van der Waals surface area contributed by atoms with Crippen LogP contribution in [0.15, 0.2) is 22.2 Å². The Morgan fingerprint density at radius 2 is 2.42 bits per heavy atom. The summed E-state index contributed by atoms with van der Waals surface area (Å²) in [5.74, 6) is 0. The largest absolute Gasteiger partial charge is 0.274 e. The summed E-state index contributed by atoms with van der Waals surface area (Å²) in [5, 5.41) is 6.27. The van der Waals surface area contributed by atoms with E-state index >= 15 is 0 Å². The van der Waals surface area contributed by atoms with E-state index in [0.717, 1.165) is 15.7 Å². The van der Waals surface area contributed by atoms with Crippen LogP contribution in [0.3, 0.4) is 0 Å². The van der Waals surface area contributed by atoms with Gasteiger partial charge in [0.05, 0.1) is 10.7 Å². The number of nitrogens with zero attached hydrogens (tertiary/aromatic N) is 3. The van der Waals surface area contributed by atoms with Crippen molar-refractivity contribution in [3.05, 3.63) is 22.2 Å². The van der Waals surface area contributed by atoms with Gasteiger partial charge in [-0.05, 0) is 27.5 Å². The number of halogens is 1. The molecule has 2 aromatic rings. The average Bonchev–Trinajstić information content (AvgIpc) is 2.58. The highest BCUT2D eigenvalue weighted by molar-refractivity contribution is 9.10. The van der Waals surface area contributed by atoms with E-state index < -0.39 is 0 Å². The van der Waals surface area contributed by atoms with Gasteiger partial charge in [-0.2, -0.15) is 5.10 Å². The van der Waals surface area contributed by atoms with Crippen LogP contribution in [0.1, 0.15) is 0 Å². The van der Waals surface area contributed by atoms with E-state index in [9.17, 15) is 0 Å². The van der Waals surface area contributed by atoms with Crippen LogP contribution in [0.5, 0.6) is 0 Å². The first-order valence-electron chi connectivity index (χ1n) is 3.36. The first-order chi connectivity index (χ1) is 5.77. The number of hydrogen-bond acceptors (Lipinski definition) is 3. The zero-order chi connectivity index (χ0) is 8.55. The quantitative estimate of drug-likeness (QED) is 0.770. The Bertz CT molecular complexity index is 379. The normalized spacial score (nSPS) is 10.5. The minimum atomic E-state index is 0.950. The lowest BCUT2D eigenvalue weighted by molar-refractivity contribution is 0.770. The maximum absolute atomic E-state index is 4.29. The van der Waals surface area contributed by atoms with Crippen molar-refractivity contribution in [3.8, 4) is 11.3 Å². The van der Waals surface area contributed by atoms with Crippen LogP contribution in [0.4, 0.5) is 0 Å². The van der Waals surface area contributed by atoms with Gasteiger partial charge in [0.2, 0.25) is 0 Å². The van der Waals surface area contributed by atoms with Crippen LogP contribution >= 0.6 is 27.5 Å². The van der Waals surface area contributed by atoms with Crippen molar-refractivity contribution in [3.63, 3.8) is 0 Å². The fraction of sp³-hybridized carbons (Fsp3) is 0.143. The van der Waals surface area contributed by atoms with Gasteiger partial charge in [-0.15, -0.1) is 0 Å². The molecule has 0 aliphatic heterocycles. The lowest BCUT2D eigenvalue weighted by Crippen LogP contribution is -1.86.